The van der Waals surface area contributed by atoms with Gasteiger partial charge in [0.05, 0.1) is 17.2 Å². The Morgan fingerprint density at radius 2 is 1.69 bits per heavy atom. The van der Waals surface area contributed by atoms with Gasteiger partial charge in [0.1, 0.15) is 5.75 Å². The fraction of sp³-hybridized carbons (Fsp3) is 0.150. The van der Waals surface area contributed by atoms with Gasteiger partial charge in [0.2, 0.25) is 0 Å². The summed E-state index contributed by atoms with van der Waals surface area (Å²) in [5.74, 6) is 0.627. The molecule has 5 nitrogen and oxygen atoms in total. The lowest BCUT2D eigenvalue weighted by atomic mass is 10.0. The van der Waals surface area contributed by atoms with Crippen molar-refractivity contribution < 1.29 is 13.2 Å². The van der Waals surface area contributed by atoms with Crippen LogP contribution in [0.3, 0.4) is 0 Å². The summed E-state index contributed by atoms with van der Waals surface area (Å²) in [4.78, 5) is 2.43. The second-order valence-corrected chi connectivity index (χ2v) is 7.42. The van der Waals surface area contributed by atoms with Gasteiger partial charge < -0.3 is 4.74 Å². The highest BCUT2D eigenvalue weighted by Crippen LogP contribution is 2.17. The van der Waals surface area contributed by atoms with Gasteiger partial charge in [-0.2, -0.15) is 18.4 Å². The van der Waals surface area contributed by atoms with Gasteiger partial charge in [-0.25, -0.2) is 0 Å². The number of hydrogen-bond acceptors (Lipinski definition) is 4. The standard InChI is InChI=1S/C20H20N2O3S/c1-3-25-19-10-12-20(13-11-19)26(23,24)22-21-15(2)17-9-8-16-6-4-5-7-18(16)14-17/h4-14,22H,3H2,1-2H3. The lowest BCUT2D eigenvalue weighted by molar-refractivity contribution is 0.340. The zero-order valence-corrected chi connectivity index (χ0v) is 15.5. The molecular weight excluding hydrogens is 348 g/mol. The van der Waals surface area contributed by atoms with Crippen molar-refractivity contribution in [3.63, 3.8) is 0 Å². The number of hydrazone groups is 1. The zero-order valence-electron chi connectivity index (χ0n) is 14.6. The molecule has 0 bridgehead atoms. The highest BCUT2D eigenvalue weighted by molar-refractivity contribution is 7.89. The Bertz CT molecular complexity index is 1040. The van der Waals surface area contributed by atoms with Crippen LogP contribution in [-0.2, 0) is 10.0 Å². The van der Waals surface area contributed by atoms with Crippen molar-refractivity contribution >= 4 is 26.5 Å². The van der Waals surface area contributed by atoms with Crippen molar-refractivity contribution in [2.45, 2.75) is 18.7 Å². The summed E-state index contributed by atoms with van der Waals surface area (Å²) < 4.78 is 30.1. The third-order valence-corrected chi connectivity index (χ3v) is 5.17. The molecule has 6 heteroatoms. The normalized spacial score (nSPS) is 12.2. The summed E-state index contributed by atoms with van der Waals surface area (Å²) >= 11 is 0. The number of sulfonamides is 1. The molecule has 0 atom stereocenters. The third-order valence-electron chi connectivity index (χ3n) is 3.95. The van der Waals surface area contributed by atoms with Crippen molar-refractivity contribution in [3.8, 4) is 5.75 Å². The summed E-state index contributed by atoms with van der Waals surface area (Å²) in [6, 6.07) is 20.1. The first kappa shape index (κ1) is 17.9. The molecule has 3 aromatic carbocycles. The molecule has 1 N–H and O–H groups in total. The van der Waals surface area contributed by atoms with Gasteiger partial charge in [-0.05, 0) is 60.5 Å². The van der Waals surface area contributed by atoms with Crippen molar-refractivity contribution in [3.05, 3.63) is 72.3 Å². The maximum absolute atomic E-state index is 12.4. The van der Waals surface area contributed by atoms with Gasteiger partial charge in [0.15, 0.2) is 0 Å². The summed E-state index contributed by atoms with van der Waals surface area (Å²) in [6.45, 7) is 4.17. The van der Waals surface area contributed by atoms with Gasteiger partial charge in [-0.3, -0.25) is 0 Å². The van der Waals surface area contributed by atoms with Crippen molar-refractivity contribution in [2.24, 2.45) is 5.10 Å². The molecule has 3 aromatic rings. The quantitative estimate of drug-likeness (QED) is 0.529. The molecule has 0 amide bonds. The zero-order chi connectivity index (χ0) is 18.6. The van der Waals surface area contributed by atoms with E-state index >= 15 is 0 Å². The van der Waals surface area contributed by atoms with Crippen LogP contribution in [-0.4, -0.2) is 20.7 Å². The Labute approximate surface area is 153 Å². The Hall–Kier alpha value is -2.86. The number of nitrogens with zero attached hydrogens (tertiary/aromatic N) is 1. The molecule has 0 saturated heterocycles. The van der Waals surface area contributed by atoms with E-state index in [2.05, 4.69) is 9.93 Å². The summed E-state index contributed by atoms with van der Waals surface area (Å²) in [5.41, 5.74) is 1.45. The molecule has 0 aliphatic heterocycles. The molecule has 0 aliphatic rings. The molecular formula is C20H20N2O3S. The van der Waals surface area contributed by atoms with Crippen LogP contribution in [0.2, 0.25) is 0 Å². The summed E-state index contributed by atoms with van der Waals surface area (Å²) in [6.07, 6.45) is 0. The third kappa shape index (κ3) is 4.03. The Morgan fingerprint density at radius 1 is 1.00 bits per heavy atom. The number of benzene rings is 3. The smallest absolute Gasteiger partial charge is 0.276 e. The van der Waals surface area contributed by atoms with Crippen molar-refractivity contribution in [1.82, 2.24) is 4.83 Å². The Kier molecular flexibility index (Phi) is 5.23. The van der Waals surface area contributed by atoms with Crippen LogP contribution in [0.25, 0.3) is 10.8 Å². The van der Waals surface area contributed by atoms with E-state index < -0.39 is 10.0 Å². The van der Waals surface area contributed by atoms with Crippen LogP contribution >= 0.6 is 0 Å². The topological polar surface area (TPSA) is 67.8 Å². The predicted octanol–water partition coefficient (Wildman–Crippen LogP) is 3.94. The SMILES string of the molecule is CCOc1ccc(S(=O)(=O)NN=C(C)c2ccc3ccccc3c2)cc1. The van der Waals surface area contributed by atoms with Crippen LogP contribution in [0, 0.1) is 0 Å². The van der Waals surface area contributed by atoms with E-state index in [0.717, 1.165) is 16.3 Å². The van der Waals surface area contributed by atoms with E-state index in [-0.39, 0.29) is 4.90 Å². The highest BCUT2D eigenvalue weighted by atomic mass is 32.2. The number of ether oxygens (including phenoxy) is 1. The van der Waals surface area contributed by atoms with E-state index in [4.69, 9.17) is 4.74 Å². The average Bonchev–Trinajstić information content (AvgIpc) is 2.66. The number of nitrogens with one attached hydrogen (secondary N) is 1. The van der Waals surface area contributed by atoms with Crippen LogP contribution in [0.4, 0.5) is 0 Å². The molecule has 0 spiro atoms. The molecule has 0 radical (unpaired) electrons. The first-order valence-corrected chi connectivity index (χ1v) is 9.76. The molecule has 0 aliphatic carbocycles. The Balaban J connectivity index is 1.79. The minimum Gasteiger partial charge on any atom is -0.494 e. The maximum Gasteiger partial charge on any atom is 0.276 e. The van der Waals surface area contributed by atoms with E-state index in [1.165, 1.54) is 12.1 Å². The van der Waals surface area contributed by atoms with Gasteiger partial charge in [0.25, 0.3) is 10.0 Å². The van der Waals surface area contributed by atoms with E-state index in [1.807, 2.05) is 49.4 Å². The number of rotatable bonds is 6. The van der Waals surface area contributed by atoms with Crippen molar-refractivity contribution in [1.29, 1.82) is 0 Å². The maximum atomic E-state index is 12.4. The largest absolute Gasteiger partial charge is 0.494 e. The minimum atomic E-state index is -3.73. The van der Waals surface area contributed by atoms with Crippen LogP contribution < -0.4 is 9.57 Å². The van der Waals surface area contributed by atoms with Crippen LogP contribution in [0.5, 0.6) is 5.75 Å². The second kappa shape index (κ2) is 7.58. The van der Waals surface area contributed by atoms with Gasteiger partial charge in [-0.15, -0.1) is 0 Å². The summed E-state index contributed by atoms with van der Waals surface area (Å²) in [7, 11) is -3.73. The second-order valence-electron chi connectivity index (χ2n) is 5.76. The molecule has 26 heavy (non-hydrogen) atoms. The summed E-state index contributed by atoms with van der Waals surface area (Å²) in [5, 5.41) is 6.26. The lowest BCUT2D eigenvalue weighted by Crippen LogP contribution is -2.19. The van der Waals surface area contributed by atoms with Gasteiger partial charge in [0, 0.05) is 0 Å². The Morgan fingerprint density at radius 3 is 2.38 bits per heavy atom. The van der Waals surface area contributed by atoms with E-state index in [1.54, 1.807) is 19.1 Å². The molecule has 0 heterocycles. The molecule has 0 saturated carbocycles. The average molecular weight is 368 g/mol. The molecule has 0 fully saturated rings. The molecule has 0 aromatic heterocycles. The fourth-order valence-electron chi connectivity index (χ4n) is 2.54. The fourth-order valence-corrected chi connectivity index (χ4v) is 3.40. The monoisotopic (exact) mass is 368 g/mol. The van der Waals surface area contributed by atoms with Crippen LogP contribution in [0.1, 0.15) is 19.4 Å². The van der Waals surface area contributed by atoms with E-state index in [9.17, 15) is 8.42 Å². The van der Waals surface area contributed by atoms with Crippen LogP contribution in [0.15, 0.2) is 76.7 Å². The first-order valence-electron chi connectivity index (χ1n) is 8.28. The minimum absolute atomic E-state index is 0.135. The highest BCUT2D eigenvalue weighted by Gasteiger charge is 2.13. The molecule has 134 valence electrons. The van der Waals surface area contributed by atoms with Gasteiger partial charge >= 0.3 is 0 Å². The predicted molar refractivity (Wildman–Crippen MR) is 104 cm³/mol. The lowest BCUT2D eigenvalue weighted by Gasteiger charge is -2.07. The van der Waals surface area contributed by atoms with Crippen molar-refractivity contribution in [2.75, 3.05) is 6.61 Å². The molecule has 3 rings (SSSR count). The number of fused-ring (bicyclic) bond motifs is 1. The number of hydrogen-bond donors (Lipinski definition) is 1. The molecule has 0 unspecified atom stereocenters. The van der Waals surface area contributed by atoms with Gasteiger partial charge in [-0.1, -0.05) is 36.4 Å². The van der Waals surface area contributed by atoms with E-state index in [0.29, 0.717) is 18.1 Å². The first-order chi connectivity index (χ1) is 12.5.